The molecule has 17 heavy (non-hydrogen) atoms. The van der Waals surface area contributed by atoms with Gasteiger partial charge in [0.15, 0.2) is 5.16 Å². The molecule has 0 unspecified atom stereocenters. The molecule has 0 saturated carbocycles. The minimum atomic E-state index is -4.36. The van der Waals surface area contributed by atoms with Crippen LogP contribution < -0.4 is 0 Å². The predicted octanol–water partition coefficient (Wildman–Crippen LogP) is 3.20. The van der Waals surface area contributed by atoms with Gasteiger partial charge in [-0.1, -0.05) is 11.8 Å². The molecular weight excluding hydrogens is 251 g/mol. The number of halogens is 3. The van der Waals surface area contributed by atoms with Crippen molar-refractivity contribution in [3.05, 3.63) is 23.8 Å². The molecule has 0 aliphatic heterocycles. The van der Waals surface area contributed by atoms with E-state index in [1.54, 1.807) is 0 Å². The number of hydrogen-bond acceptors (Lipinski definition) is 3. The van der Waals surface area contributed by atoms with Crippen LogP contribution in [0.4, 0.5) is 13.2 Å². The Balaban J connectivity index is 2.38. The molecule has 1 aromatic heterocycles. The second-order valence-electron chi connectivity index (χ2n) is 3.22. The number of H-pyrrole nitrogens is 1. The second kappa shape index (κ2) is 4.30. The molecule has 1 N–H and O–H groups in total. The van der Waals surface area contributed by atoms with E-state index in [4.69, 9.17) is 5.26 Å². The highest BCUT2D eigenvalue weighted by Crippen LogP contribution is 2.31. The van der Waals surface area contributed by atoms with Crippen LogP contribution in [-0.2, 0) is 6.18 Å². The Morgan fingerprint density at radius 2 is 2.18 bits per heavy atom. The molecule has 0 aliphatic carbocycles. The number of fused-ring (bicyclic) bond motifs is 1. The van der Waals surface area contributed by atoms with Crippen molar-refractivity contribution >= 4 is 22.8 Å². The van der Waals surface area contributed by atoms with Crippen molar-refractivity contribution in [3.8, 4) is 6.07 Å². The van der Waals surface area contributed by atoms with Crippen molar-refractivity contribution in [2.75, 3.05) is 5.75 Å². The summed E-state index contributed by atoms with van der Waals surface area (Å²) >= 11 is 1.15. The normalized spacial score (nSPS) is 11.6. The maximum Gasteiger partial charge on any atom is 0.416 e. The van der Waals surface area contributed by atoms with E-state index in [0.717, 1.165) is 23.9 Å². The molecule has 0 radical (unpaired) electrons. The van der Waals surface area contributed by atoms with Crippen LogP contribution >= 0.6 is 11.8 Å². The topological polar surface area (TPSA) is 52.5 Å². The molecule has 0 atom stereocenters. The van der Waals surface area contributed by atoms with Gasteiger partial charge in [0.05, 0.1) is 28.4 Å². The zero-order valence-corrected chi connectivity index (χ0v) is 9.19. The molecule has 3 nitrogen and oxygen atoms in total. The monoisotopic (exact) mass is 257 g/mol. The molecule has 88 valence electrons. The fourth-order valence-corrected chi connectivity index (χ4v) is 1.88. The Morgan fingerprint density at radius 3 is 2.82 bits per heavy atom. The van der Waals surface area contributed by atoms with Crippen LogP contribution in [-0.4, -0.2) is 15.7 Å². The lowest BCUT2D eigenvalue weighted by molar-refractivity contribution is -0.137. The number of nitriles is 1. The molecule has 0 spiro atoms. The zero-order valence-electron chi connectivity index (χ0n) is 8.38. The van der Waals surface area contributed by atoms with Gasteiger partial charge in [0, 0.05) is 0 Å². The van der Waals surface area contributed by atoms with Crippen LogP contribution in [0.25, 0.3) is 11.0 Å². The SMILES string of the molecule is N#CCSc1nc2ccc(C(F)(F)F)cc2[nH]1. The first kappa shape index (κ1) is 11.8. The van der Waals surface area contributed by atoms with E-state index in [1.807, 2.05) is 6.07 Å². The largest absolute Gasteiger partial charge is 0.416 e. The smallest absolute Gasteiger partial charge is 0.333 e. The lowest BCUT2D eigenvalue weighted by atomic mass is 10.2. The number of aromatic nitrogens is 2. The summed E-state index contributed by atoms with van der Waals surface area (Å²) in [7, 11) is 0. The van der Waals surface area contributed by atoms with Gasteiger partial charge < -0.3 is 4.98 Å². The Morgan fingerprint density at radius 1 is 1.41 bits per heavy atom. The molecule has 1 heterocycles. The van der Waals surface area contributed by atoms with Crippen LogP contribution in [0.1, 0.15) is 5.56 Å². The summed E-state index contributed by atoms with van der Waals surface area (Å²) in [6, 6.07) is 5.23. The summed E-state index contributed by atoms with van der Waals surface area (Å²) in [4.78, 5) is 6.81. The Bertz CT molecular complexity index is 582. The van der Waals surface area contributed by atoms with Crippen LogP contribution in [0.2, 0.25) is 0 Å². The number of rotatable bonds is 2. The van der Waals surface area contributed by atoms with Crippen molar-refractivity contribution in [1.82, 2.24) is 9.97 Å². The Hall–Kier alpha value is -1.68. The average molecular weight is 257 g/mol. The number of thioether (sulfide) groups is 1. The molecule has 1 aromatic carbocycles. The number of nitrogens with zero attached hydrogens (tertiary/aromatic N) is 2. The van der Waals surface area contributed by atoms with Gasteiger partial charge >= 0.3 is 6.18 Å². The quantitative estimate of drug-likeness (QED) is 0.840. The van der Waals surface area contributed by atoms with Gasteiger partial charge in [-0.2, -0.15) is 18.4 Å². The van der Waals surface area contributed by atoms with Gasteiger partial charge in [-0.05, 0) is 18.2 Å². The van der Waals surface area contributed by atoms with Crippen LogP contribution in [0.3, 0.4) is 0 Å². The first-order valence-electron chi connectivity index (χ1n) is 4.57. The predicted molar refractivity (Wildman–Crippen MR) is 57.4 cm³/mol. The first-order valence-corrected chi connectivity index (χ1v) is 5.56. The van der Waals surface area contributed by atoms with E-state index >= 15 is 0 Å². The second-order valence-corrected chi connectivity index (χ2v) is 4.18. The number of alkyl halides is 3. The van der Waals surface area contributed by atoms with E-state index in [9.17, 15) is 13.2 Å². The number of benzene rings is 1. The molecule has 0 aliphatic rings. The maximum atomic E-state index is 12.4. The third kappa shape index (κ3) is 2.53. The molecule has 2 aromatic rings. The number of aromatic amines is 1. The van der Waals surface area contributed by atoms with E-state index in [1.165, 1.54) is 6.07 Å². The fourth-order valence-electron chi connectivity index (χ4n) is 1.33. The van der Waals surface area contributed by atoms with E-state index in [2.05, 4.69) is 9.97 Å². The van der Waals surface area contributed by atoms with Crippen molar-refractivity contribution in [1.29, 1.82) is 5.26 Å². The highest BCUT2D eigenvalue weighted by atomic mass is 32.2. The third-order valence-corrected chi connectivity index (χ3v) is 2.80. The highest BCUT2D eigenvalue weighted by Gasteiger charge is 2.30. The molecule has 0 amide bonds. The van der Waals surface area contributed by atoms with Crippen molar-refractivity contribution in [2.24, 2.45) is 0 Å². The number of imidazole rings is 1. The van der Waals surface area contributed by atoms with Crippen molar-refractivity contribution < 1.29 is 13.2 Å². The van der Waals surface area contributed by atoms with Gasteiger partial charge in [0.1, 0.15) is 0 Å². The zero-order chi connectivity index (χ0) is 12.5. The summed E-state index contributed by atoms with van der Waals surface area (Å²) in [5.41, 5.74) is 0.0594. The summed E-state index contributed by atoms with van der Waals surface area (Å²) in [5, 5.41) is 8.84. The van der Waals surface area contributed by atoms with Gasteiger partial charge in [0.2, 0.25) is 0 Å². The van der Waals surface area contributed by atoms with Crippen LogP contribution in [0.5, 0.6) is 0 Å². The standard InChI is InChI=1S/C10H6F3N3S/c11-10(12,13)6-1-2-7-8(5-6)16-9(15-7)17-4-3-14/h1-2,5H,4H2,(H,15,16). The van der Waals surface area contributed by atoms with Crippen molar-refractivity contribution in [3.63, 3.8) is 0 Å². The summed E-state index contributed by atoms with van der Waals surface area (Å²) in [6.07, 6.45) is -4.36. The van der Waals surface area contributed by atoms with Crippen LogP contribution in [0, 0.1) is 11.3 Å². The molecular formula is C10H6F3N3S. The summed E-state index contributed by atoms with van der Waals surface area (Å²) < 4.78 is 37.3. The van der Waals surface area contributed by atoms with Crippen LogP contribution in [0.15, 0.2) is 23.4 Å². The Kier molecular flexibility index (Phi) is 2.98. The number of hydrogen-bond donors (Lipinski definition) is 1. The van der Waals surface area contributed by atoms with Gasteiger partial charge in [-0.15, -0.1) is 0 Å². The highest BCUT2D eigenvalue weighted by molar-refractivity contribution is 7.99. The average Bonchev–Trinajstić information content (AvgIpc) is 2.66. The first-order chi connectivity index (χ1) is 8.00. The Labute approximate surface area is 98.6 Å². The van der Waals surface area contributed by atoms with Crippen molar-refractivity contribution in [2.45, 2.75) is 11.3 Å². The summed E-state index contributed by atoms with van der Waals surface area (Å²) in [6.45, 7) is 0. The minimum Gasteiger partial charge on any atom is -0.333 e. The van der Waals surface area contributed by atoms with Gasteiger partial charge in [0.25, 0.3) is 0 Å². The lowest BCUT2D eigenvalue weighted by Crippen LogP contribution is -2.04. The molecule has 0 saturated heterocycles. The molecule has 2 rings (SSSR count). The van der Waals surface area contributed by atoms with E-state index in [0.29, 0.717) is 16.2 Å². The third-order valence-electron chi connectivity index (χ3n) is 2.06. The number of nitrogens with one attached hydrogen (secondary N) is 1. The molecule has 7 heteroatoms. The maximum absolute atomic E-state index is 12.4. The molecule has 0 bridgehead atoms. The lowest BCUT2D eigenvalue weighted by Gasteiger charge is -2.04. The fraction of sp³-hybridized carbons (Fsp3) is 0.200. The summed E-state index contributed by atoms with van der Waals surface area (Å²) in [5.74, 6) is 0.200. The van der Waals surface area contributed by atoms with E-state index < -0.39 is 11.7 Å². The van der Waals surface area contributed by atoms with E-state index in [-0.39, 0.29) is 5.75 Å². The van der Waals surface area contributed by atoms with Gasteiger partial charge in [-0.3, -0.25) is 0 Å². The molecule has 0 fully saturated rings. The van der Waals surface area contributed by atoms with Gasteiger partial charge in [-0.25, -0.2) is 4.98 Å². The minimum absolute atomic E-state index is 0.200.